The molecule has 0 bridgehead atoms. The van der Waals surface area contributed by atoms with E-state index in [1.54, 1.807) is 70.9 Å². The van der Waals surface area contributed by atoms with Crippen molar-refractivity contribution in [2.45, 2.75) is 174 Å². The van der Waals surface area contributed by atoms with Gasteiger partial charge in [0.05, 0.1) is 119 Å². The summed E-state index contributed by atoms with van der Waals surface area (Å²) in [7, 11) is 2.95. The molecule has 119 heavy (non-hydrogen) atoms. The fourth-order valence-corrected chi connectivity index (χ4v) is 19.1. The third-order valence-corrected chi connectivity index (χ3v) is 27.9. The molecule has 2 saturated heterocycles. The van der Waals surface area contributed by atoms with Crippen molar-refractivity contribution in [3.63, 3.8) is 0 Å². The third kappa shape index (κ3) is 27.3. The number of halogens is 6. The number of aromatic nitrogens is 6. The van der Waals surface area contributed by atoms with E-state index < -0.39 is 47.9 Å². The van der Waals surface area contributed by atoms with E-state index in [9.17, 15) is 52.8 Å². The molecule has 0 unspecified atom stereocenters. The zero-order chi connectivity index (χ0) is 86.1. The molecule has 5 aliphatic rings. The van der Waals surface area contributed by atoms with E-state index in [1.165, 1.54) is 59.8 Å². The monoisotopic (exact) mass is 1780 g/mol. The highest BCUT2D eigenvalue weighted by molar-refractivity contribution is 7.88. The minimum Gasteiger partial charge on any atom is -0.495 e. The smallest absolute Gasteiger partial charge is 0.419 e. The molecule has 5 N–H and O–H groups in total. The molecule has 6 atom stereocenters. The molecule has 3 aromatic heterocycles. The Hall–Kier alpha value is -7.42. The van der Waals surface area contributed by atoms with Gasteiger partial charge in [-0.05, 0) is 176 Å². The minimum atomic E-state index is -4.67. The maximum atomic E-state index is 13.8. The molecule has 0 radical (unpaired) electrons. The first-order chi connectivity index (χ1) is 55.7. The number of piperidine rings is 2. The Labute approximate surface area is 714 Å². The van der Waals surface area contributed by atoms with Crippen LogP contribution in [0.3, 0.4) is 0 Å². The van der Waals surface area contributed by atoms with E-state index >= 15 is 0 Å². The standard InChI is InChI=1S/C29H42ClN5O4S.C28H40Cl2N6O5S.C23H30F3N5O4S.CH4/c1-19-14-25(28(39-4)17-22(19)27(36)15-20-10-12-34(2)13-11-20)33-29-31-18-23(30)24(32-29)16-21-8-6-7-9-26(21)35(3)40(5,37)38;1-35(42(4,38)39)25-7-5-6-18(25)14-23-22(30)17-31-28(33-23)34-24-16-21(29)20(15-26(24)41-3)27(37)32-19-8-10-36(11-9-19)12-13-40-2;1-14(32)28-16-9-10-18(21(12-16)35-3)29-22-27-13-17(23(24,25)26)19(30-22)11-15-7-5-6-8-20(15)31(2)36(4,33)34;/h14,17-18,20-21,26H,6-13,15-16H2,1-5H3,(H,31,32,33);15-19,25H,5-14H2,1-4H3,(H,32,37)(H,31,33,34);9-10,12-13,15,20H,5-8,11H2,1-4H3,(H,28,32)(H,27,29,30);1H4/t21-,26+;18-,25+;15-,20+;/m000./s1. The number of hydrogen-bond donors (Lipinski definition) is 5. The number of sulfonamides is 3. The van der Waals surface area contributed by atoms with Crippen molar-refractivity contribution in [2.75, 3.05) is 136 Å². The molecule has 3 saturated carbocycles. The van der Waals surface area contributed by atoms with E-state index in [-0.39, 0.29) is 89.9 Å². The number of rotatable bonds is 30. The van der Waals surface area contributed by atoms with Gasteiger partial charge in [-0.1, -0.05) is 74.3 Å². The van der Waals surface area contributed by atoms with E-state index in [4.69, 9.17) is 58.7 Å². The summed E-state index contributed by atoms with van der Waals surface area (Å²) in [5.41, 5.74) is 4.05. The van der Waals surface area contributed by atoms with E-state index in [0.29, 0.717) is 123 Å². The SMILES string of the molecule is C.COCCN1CCC(NC(=O)c2cc(OC)c(Nc3ncc(Cl)c(C[C@@H]4CCC[C@H]4N(C)S(C)(=O)=O)n3)cc2Cl)CC1.COc1cc(C(=O)CC2CCN(C)CC2)c(C)cc1Nc1ncc(Cl)c(C[C@@H]2CCCC[C@H]2N(C)S(C)(=O)=O)n1.COc1cc(NC(C)=O)ccc1Nc1ncc(C(F)(F)F)c(C[C@@H]2CCCC[C@H]2N(C)S(C)(=O)=O)n1. The van der Waals surface area contributed by atoms with Crippen LogP contribution in [-0.4, -0.2) is 234 Å². The van der Waals surface area contributed by atoms with Gasteiger partial charge < -0.3 is 55.3 Å². The number of carbonyl (C=O) groups is 3. The lowest BCUT2D eigenvalue weighted by Gasteiger charge is -2.37. The largest absolute Gasteiger partial charge is 0.495 e. The van der Waals surface area contributed by atoms with Crippen LogP contribution in [-0.2, 0) is 65.0 Å². The fourth-order valence-electron chi connectivity index (χ4n) is 16.2. The second-order valence-electron chi connectivity index (χ2n) is 31.3. The predicted molar refractivity (Wildman–Crippen MR) is 460 cm³/mol. The van der Waals surface area contributed by atoms with Crippen LogP contribution >= 0.6 is 34.8 Å². The average molecular weight is 1780 g/mol. The van der Waals surface area contributed by atoms with Crippen LogP contribution in [0.4, 0.5) is 53.8 Å². The number of aryl methyl sites for hydroxylation is 1. The van der Waals surface area contributed by atoms with Crippen LogP contribution in [0.2, 0.25) is 15.1 Å². The van der Waals surface area contributed by atoms with Gasteiger partial charge in [0.15, 0.2) is 5.78 Å². The Balaban J connectivity index is 0.000000222. The summed E-state index contributed by atoms with van der Waals surface area (Å²) in [5.74, 6) is 1.77. The van der Waals surface area contributed by atoms with Crippen LogP contribution in [0, 0.1) is 30.6 Å². The Morgan fingerprint density at radius 2 is 0.992 bits per heavy atom. The van der Waals surface area contributed by atoms with Crippen molar-refractivity contribution in [3.8, 4) is 17.2 Å². The Morgan fingerprint density at radius 3 is 1.47 bits per heavy atom. The highest BCUT2D eigenvalue weighted by Crippen LogP contribution is 2.42. The number of hydrogen-bond acceptors (Lipinski definition) is 24. The van der Waals surface area contributed by atoms with Crippen molar-refractivity contribution >= 4 is 123 Å². The minimum absolute atomic E-state index is 0. The van der Waals surface area contributed by atoms with Gasteiger partial charge in [0, 0.05) is 109 Å². The molecule has 658 valence electrons. The summed E-state index contributed by atoms with van der Waals surface area (Å²) in [4.78, 5) is 68.4. The van der Waals surface area contributed by atoms with Crippen LogP contribution in [0.25, 0.3) is 0 Å². The van der Waals surface area contributed by atoms with Crippen molar-refractivity contribution in [1.82, 2.24) is 57.9 Å². The highest BCUT2D eigenvalue weighted by Gasteiger charge is 2.41. The molecule has 3 aliphatic carbocycles. The molecule has 2 aliphatic heterocycles. The number of nitrogens with zero attached hydrogens (tertiary/aromatic N) is 11. The van der Waals surface area contributed by atoms with E-state index in [2.05, 4.69) is 68.4 Å². The van der Waals surface area contributed by atoms with Gasteiger partial charge in [-0.2, -0.15) is 13.2 Å². The molecule has 11 rings (SSSR count). The van der Waals surface area contributed by atoms with Crippen molar-refractivity contribution in [2.24, 2.45) is 23.7 Å². The van der Waals surface area contributed by atoms with Gasteiger partial charge in [-0.15, -0.1) is 0 Å². The first-order valence-electron chi connectivity index (χ1n) is 39.6. The number of nitrogens with one attached hydrogen (secondary N) is 5. The lowest BCUT2D eigenvalue weighted by atomic mass is 9.81. The fraction of sp³-hybridized carbons (Fsp3) is 0.593. The first kappa shape index (κ1) is 97.0. The van der Waals surface area contributed by atoms with Crippen LogP contribution in [0.5, 0.6) is 17.2 Å². The molecular weight excluding hydrogens is 1660 g/mol. The second-order valence-corrected chi connectivity index (χ2v) is 38.6. The molecule has 29 nitrogen and oxygen atoms in total. The number of methoxy groups -OCH3 is 4. The number of ether oxygens (including phenoxy) is 4. The molecule has 3 aromatic carbocycles. The quantitative estimate of drug-likeness (QED) is 0.0262. The molecule has 5 heterocycles. The van der Waals surface area contributed by atoms with Crippen LogP contribution in [0.1, 0.15) is 166 Å². The van der Waals surface area contributed by atoms with Crippen molar-refractivity contribution in [3.05, 3.63) is 115 Å². The number of benzene rings is 3. The number of alkyl halides is 3. The lowest BCUT2D eigenvalue weighted by molar-refractivity contribution is -0.138. The molecule has 2 amide bonds. The van der Waals surface area contributed by atoms with Crippen molar-refractivity contribution in [1.29, 1.82) is 0 Å². The normalized spacial score (nSPS) is 19.8. The van der Waals surface area contributed by atoms with Gasteiger partial charge in [0.2, 0.25) is 53.8 Å². The van der Waals surface area contributed by atoms with Crippen LogP contribution in [0.15, 0.2) is 61.1 Å². The number of anilines is 7. The van der Waals surface area contributed by atoms with Crippen molar-refractivity contribution < 1.29 is 71.8 Å². The summed E-state index contributed by atoms with van der Waals surface area (Å²) in [6, 6.07) is 11.1. The molecule has 5 fully saturated rings. The molecular formula is C81H116Cl3F3N16O13S3. The second kappa shape index (κ2) is 43.6. The molecule has 0 spiro atoms. The number of ketones is 1. The summed E-state index contributed by atoms with van der Waals surface area (Å²) < 4.78 is 140. The maximum Gasteiger partial charge on any atom is 0.419 e. The summed E-state index contributed by atoms with van der Waals surface area (Å²) in [6.07, 6.45) is 17.3. The third-order valence-electron chi connectivity index (χ3n) is 23.0. The topological polar surface area (TPSA) is 344 Å². The molecule has 38 heteroatoms. The summed E-state index contributed by atoms with van der Waals surface area (Å²) in [5, 5.41) is 16.1. The highest BCUT2D eigenvalue weighted by atomic mass is 35.5. The maximum absolute atomic E-state index is 13.8. The van der Waals surface area contributed by atoms with Gasteiger partial charge in [0.1, 0.15) is 17.2 Å². The van der Waals surface area contributed by atoms with Gasteiger partial charge >= 0.3 is 6.18 Å². The summed E-state index contributed by atoms with van der Waals surface area (Å²) in [6.45, 7) is 8.72. The Kier molecular flexibility index (Phi) is 35.5. The van der Waals surface area contributed by atoms with E-state index in [0.717, 1.165) is 134 Å². The molecule has 6 aromatic rings. The average Bonchev–Trinajstić information content (AvgIpc) is 1.79. The van der Waals surface area contributed by atoms with Gasteiger partial charge in [-0.3, -0.25) is 14.4 Å². The number of Topliss-reactive ketones (excluding diaryl/α,β-unsaturated/α-hetero) is 1. The van der Waals surface area contributed by atoms with E-state index in [1.807, 2.05) is 13.0 Å². The Bertz CT molecular complexity index is 4820. The van der Waals surface area contributed by atoms with Gasteiger partial charge in [-0.25, -0.2) is 68.1 Å². The summed E-state index contributed by atoms with van der Waals surface area (Å²) >= 11 is 19.6. The number of likely N-dealkylation sites (tertiary alicyclic amines) is 2. The van der Waals surface area contributed by atoms with Gasteiger partial charge in [0.25, 0.3) is 5.91 Å². The Morgan fingerprint density at radius 1 is 0.555 bits per heavy atom. The zero-order valence-corrected chi connectivity index (χ0v) is 74.0. The predicted octanol–water partition coefficient (Wildman–Crippen LogP) is 13.9. The number of amides is 2. The lowest BCUT2D eigenvalue weighted by Crippen LogP contribution is -2.45. The van der Waals surface area contributed by atoms with Crippen LogP contribution < -0.4 is 40.8 Å². The number of carbonyl (C=O) groups excluding carboxylic acids is 3. The first-order valence-corrected chi connectivity index (χ1v) is 46.2. The zero-order valence-electron chi connectivity index (χ0n) is 69.3.